The van der Waals surface area contributed by atoms with Crippen molar-refractivity contribution in [2.75, 3.05) is 40.5 Å². The van der Waals surface area contributed by atoms with Crippen LogP contribution >= 0.6 is 0 Å². The second-order valence-corrected chi connectivity index (χ2v) is 6.09. The fraction of sp³-hybridized carbons (Fsp3) is 0.562. The number of nitrogens with one attached hydrogen (secondary N) is 1. The molecule has 3 rings (SSSR count). The maximum atomic E-state index is 12.6. The first kappa shape index (κ1) is 16.8. The average Bonchev–Trinajstić information content (AvgIpc) is 3.00. The third-order valence-electron chi connectivity index (χ3n) is 3.99. The van der Waals surface area contributed by atoms with Crippen LogP contribution in [0.1, 0.15) is 16.9 Å². The second-order valence-electron chi connectivity index (χ2n) is 6.09. The van der Waals surface area contributed by atoms with Crippen LogP contribution in [0.3, 0.4) is 0 Å². The monoisotopic (exact) mass is 333 g/mol. The predicted molar refractivity (Wildman–Crippen MR) is 88.0 cm³/mol. The summed E-state index contributed by atoms with van der Waals surface area (Å²) < 4.78 is 13.0. The van der Waals surface area contributed by atoms with E-state index in [4.69, 9.17) is 9.47 Å². The van der Waals surface area contributed by atoms with E-state index >= 15 is 0 Å². The van der Waals surface area contributed by atoms with E-state index in [2.05, 4.69) is 20.3 Å². The number of aromatic nitrogens is 3. The maximum absolute atomic E-state index is 12.6. The van der Waals surface area contributed by atoms with E-state index in [0.717, 1.165) is 13.0 Å². The molecule has 3 heterocycles. The van der Waals surface area contributed by atoms with Crippen LogP contribution in [0.15, 0.2) is 24.5 Å². The van der Waals surface area contributed by atoms with E-state index in [1.807, 2.05) is 14.1 Å². The van der Waals surface area contributed by atoms with Gasteiger partial charge in [0.25, 0.3) is 5.91 Å². The van der Waals surface area contributed by atoms with Gasteiger partial charge >= 0.3 is 0 Å². The minimum absolute atomic E-state index is 0.0465. The van der Waals surface area contributed by atoms with Gasteiger partial charge in [-0.25, -0.2) is 9.50 Å². The number of amides is 1. The summed E-state index contributed by atoms with van der Waals surface area (Å²) in [6.07, 6.45) is 3.88. The number of nitrogens with zero attached hydrogens (tertiary/aromatic N) is 4. The van der Waals surface area contributed by atoms with Crippen LogP contribution in [0.5, 0.6) is 0 Å². The van der Waals surface area contributed by atoms with Crippen LogP contribution in [-0.4, -0.2) is 78.0 Å². The number of fused-ring (bicyclic) bond motifs is 1. The molecular weight excluding hydrogens is 310 g/mol. The quantitative estimate of drug-likeness (QED) is 0.813. The molecule has 0 radical (unpaired) electrons. The summed E-state index contributed by atoms with van der Waals surface area (Å²) >= 11 is 0. The van der Waals surface area contributed by atoms with Crippen molar-refractivity contribution in [1.82, 2.24) is 24.8 Å². The molecule has 1 aliphatic rings. The molecule has 0 aliphatic carbocycles. The van der Waals surface area contributed by atoms with E-state index < -0.39 is 0 Å². The van der Waals surface area contributed by atoms with Crippen molar-refractivity contribution in [3.63, 3.8) is 0 Å². The van der Waals surface area contributed by atoms with Gasteiger partial charge in [0.1, 0.15) is 5.69 Å². The number of ether oxygens (including phenoxy) is 2. The van der Waals surface area contributed by atoms with Crippen molar-refractivity contribution in [2.45, 2.75) is 18.6 Å². The van der Waals surface area contributed by atoms with E-state index in [0.29, 0.717) is 31.2 Å². The SMILES string of the molecule is CN(C)CCO[C@H]1CCOC[C@H]1NC(=O)c1cnc2cccnn12. The predicted octanol–water partition coefficient (Wildman–Crippen LogP) is 0.195. The summed E-state index contributed by atoms with van der Waals surface area (Å²) in [6, 6.07) is 3.41. The number of hydrogen-bond donors (Lipinski definition) is 1. The van der Waals surface area contributed by atoms with Gasteiger partial charge in [0.2, 0.25) is 0 Å². The first-order valence-corrected chi connectivity index (χ1v) is 8.09. The van der Waals surface area contributed by atoms with Crippen molar-refractivity contribution in [2.24, 2.45) is 0 Å². The van der Waals surface area contributed by atoms with Crippen LogP contribution in [0.25, 0.3) is 5.65 Å². The highest BCUT2D eigenvalue weighted by molar-refractivity contribution is 5.93. The summed E-state index contributed by atoms with van der Waals surface area (Å²) in [4.78, 5) is 18.8. The summed E-state index contributed by atoms with van der Waals surface area (Å²) in [5.41, 5.74) is 1.05. The number of imidazole rings is 1. The molecule has 0 bridgehead atoms. The van der Waals surface area contributed by atoms with Gasteiger partial charge in [0.15, 0.2) is 5.65 Å². The van der Waals surface area contributed by atoms with Crippen LogP contribution in [0.2, 0.25) is 0 Å². The molecule has 8 heteroatoms. The highest BCUT2D eigenvalue weighted by Crippen LogP contribution is 2.13. The molecule has 1 N–H and O–H groups in total. The molecule has 0 saturated carbocycles. The van der Waals surface area contributed by atoms with Crippen molar-refractivity contribution in [3.05, 3.63) is 30.2 Å². The topological polar surface area (TPSA) is 81.0 Å². The van der Waals surface area contributed by atoms with E-state index in [1.54, 1.807) is 18.3 Å². The molecular formula is C16H23N5O3. The minimum atomic E-state index is -0.224. The lowest BCUT2D eigenvalue weighted by atomic mass is 10.1. The molecule has 2 atom stereocenters. The normalized spacial score (nSPS) is 21.3. The average molecular weight is 333 g/mol. The van der Waals surface area contributed by atoms with Gasteiger partial charge in [-0.15, -0.1) is 0 Å². The molecule has 1 amide bonds. The van der Waals surface area contributed by atoms with Crippen molar-refractivity contribution in [3.8, 4) is 0 Å². The molecule has 2 aromatic rings. The number of likely N-dealkylation sites (N-methyl/N-ethyl adjacent to an activating group) is 1. The van der Waals surface area contributed by atoms with Gasteiger partial charge in [-0.3, -0.25) is 4.79 Å². The zero-order chi connectivity index (χ0) is 16.9. The molecule has 1 fully saturated rings. The van der Waals surface area contributed by atoms with Crippen molar-refractivity contribution >= 4 is 11.6 Å². The highest BCUT2D eigenvalue weighted by Gasteiger charge is 2.29. The summed E-state index contributed by atoms with van der Waals surface area (Å²) in [6.45, 7) is 2.56. The molecule has 1 aliphatic heterocycles. The third-order valence-corrected chi connectivity index (χ3v) is 3.99. The lowest BCUT2D eigenvalue weighted by Crippen LogP contribution is -2.51. The molecule has 0 spiro atoms. The molecule has 0 unspecified atom stereocenters. The van der Waals surface area contributed by atoms with Gasteiger partial charge in [0, 0.05) is 19.3 Å². The Labute approximate surface area is 140 Å². The lowest BCUT2D eigenvalue weighted by Gasteiger charge is -2.32. The Morgan fingerprint density at radius 3 is 3.25 bits per heavy atom. The van der Waals surface area contributed by atoms with E-state index in [1.165, 1.54) is 10.7 Å². The zero-order valence-corrected chi connectivity index (χ0v) is 14.0. The first-order valence-electron chi connectivity index (χ1n) is 8.09. The van der Waals surface area contributed by atoms with Gasteiger partial charge in [0.05, 0.1) is 31.6 Å². The number of carbonyl (C=O) groups is 1. The number of hydrogen-bond acceptors (Lipinski definition) is 6. The van der Waals surface area contributed by atoms with Gasteiger partial charge in [-0.1, -0.05) is 0 Å². The van der Waals surface area contributed by atoms with Gasteiger partial charge < -0.3 is 19.7 Å². The standard InChI is InChI=1S/C16H23N5O3/c1-20(2)7-9-24-14-5-8-23-11-12(14)19-16(22)13-10-17-15-4-3-6-18-21(13)15/h3-4,6,10,12,14H,5,7-9,11H2,1-2H3,(H,19,22)/t12-,14+/m1/s1. The third kappa shape index (κ3) is 3.89. The maximum Gasteiger partial charge on any atom is 0.272 e. The van der Waals surface area contributed by atoms with Crippen LogP contribution in [-0.2, 0) is 9.47 Å². The molecule has 1 saturated heterocycles. The highest BCUT2D eigenvalue weighted by atomic mass is 16.5. The zero-order valence-electron chi connectivity index (χ0n) is 14.0. The Morgan fingerprint density at radius 2 is 2.42 bits per heavy atom. The fourth-order valence-electron chi connectivity index (χ4n) is 2.67. The Kier molecular flexibility index (Phi) is 5.39. The van der Waals surface area contributed by atoms with Gasteiger partial charge in [-0.05, 0) is 32.6 Å². The molecule has 130 valence electrons. The first-order chi connectivity index (χ1) is 11.6. The molecule has 8 nitrogen and oxygen atoms in total. The van der Waals surface area contributed by atoms with Crippen molar-refractivity contribution < 1.29 is 14.3 Å². The second kappa shape index (κ2) is 7.69. The van der Waals surface area contributed by atoms with E-state index in [9.17, 15) is 4.79 Å². The molecule has 24 heavy (non-hydrogen) atoms. The summed E-state index contributed by atoms with van der Waals surface area (Å²) in [7, 11) is 4.01. The van der Waals surface area contributed by atoms with Crippen molar-refractivity contribution in [1.29, 1.82) is 0 Å². The largest absolute Gasteiger partial charge is 0.379 e. The fourth-order valence-corrected chi connectivity index (χ4v) is 2.67. The Bertz CT molecular complexity index is 687. The molecule has 0 aromatic carbocycles. The van der Waals surface area contributed by atoms with Crippen LogP contribution < -0.4 is 5.32 Å². The minimum Gasteiger partial charge on any atom is -0.379 e. The Morgan fingerprint density at radius 1 is 1.54 bits per heavy atom. The van der Waals surface area contributed by atoms with Crippen LogP contribution in [0, 0.1) is 0 Å². The summed E-state index contributed by atoms with van der Waals surface area (Å²) in [5, 5.41) is 7.17. The Hall–Kier alpha value is -2.03. The van der Waals surface area contributed by atoms with Gasteiger partial charge in [-0.2, -0.15) is 5.10 Å². The summed E-state index contributed by atoms with van der Waals surface area (Å²) in [5.74, 6) is -0.224. The number of rotatable bonds is 6. The Balaban J connectivity index is 1.65. The smallest absolute Gasteiger partial charge is 0.272 e. The van der Waals surface area contributed by atoms with E-state index in [-0.39, 0.29) is 18.1 Å². The molecule has 2 aromatic heterocycles. The van der Waals surface area contributed by atoms with Crippen LogP contribution in [0.4, 0.5) is 0 Å². The lowest BCUT2D eigenvalue weighted by molar-refractivity contribution is -0.0562. The number of carbonyl (C=O) groups excluding carboxylic acids is 1.